The Morgan fingerprint density at radius 1 is 1.78 bits per heavy atom. The fraction of sp³-hybridized carbons (Fsp3) is 0.571. The molecule has 0 heterocycles. The molecule has 0 spiro atoms. The molecule has 0 bridgehead atoms. The van der Waals surface area contributed by atoms with E-state index >= 15 is 0 Å². The van der Waals surface area contributed by atoms with Gasteiger partial charge in [0.25, 0.3) is 0 Å². The highest BCUT2D eigenvalue weighted by Gasteiger charge is 2.06. The molecule has 50 valence electrons. The summed E-state index contributed by atoms with van der Waals surface area (Å²) in [6, 6.07) is 0. The quantitative estimate of drug-likeness (QED) is 0.429. The van der Waals surface area contributed by atoms with E-state index in [2.05, 4.69) is 6.08 Å². The molecule has 0 fully saturated rings. The minimum Gasteiger partial charge on any atom is -0.281 e. The second-order valence-electron chi connectivity index (χ2n) is 2.29. The number of allylic oxidation sites excluding steroid dienone is 2. The van der Waals surface area contributed by atoms with E-state index in [1.54, 1.807) is 0 Å². The van der Waals surface area contributed by atoms with Gasteiger partial charge in [0.2, 0.25) is 5.24 Å². The first-order valence-electron chi connectivity index (χ1n) is 3.15. The molecule has 0 unspecified atom stereocenters. The van der Waals surface area contributed by atoms with Crippen LogP contribution >= 0.6 is 11.6 Å². The lowest BCUT2D eigenvalue weighted by Crippen LogP contribution is -1.86. The lowest BCUT2D eigenvalue weighted by Gasteiger charge is -1.92. The summed E-state index contributed by atoms with van der Waals surface area (Å²) in [6.07, 6.45) is 5.96. The lowest BCUT2D eigenvalue weighted by molar-refractivity contribution is -0.111. The molecule has 1 aliphatic rings. The molecular weight excluding hydrogens is 136 g/mol. The van der Waals surface area contributed by atoms with E-state index in [0.717, 1.165) is 12.8 Å². The topological polar surface area (TPSA) is 17.1 Å². The Labute approximate surface area is 59.7 Å². The van der Waals surface area contributed by atoms with Crippen LogP contribution in [0.1, 0.15) is 25.7 Å². The summed E-state index contributed by atoms with van der Waals surface area (Å²) in [7, 11) is 0. The van der Waals surface area contributed by atoms with E-state index in [1.165, 1.54) is 12.0 Å². The van der Waals surface area contributed by atoms with Gasteiger partial charge in [-0.2, -0.15) is 0 Å². The smallest absolute Gasteiger partial charge is 0.225 e. The molecule has 0 aromatic rings. The van der Waals surface area contributed by atoms with Crippen molar-refractivity contribution >= 4 is 16.8 Å². The number of rotatable bonds is 2. The second-order valence-corrected chi connectivity index (χ2v) is 2.71. The molecule has 2 heteroatoms. The van der Waals surface area contributed by atoms with Crippen molar-refractivity contribution in [2.75, 3.05) is 0 Å². The van der Waals surface area contributed by atoms with Gasteiger partial charge in [0.05, 0.1) is 0 Å². The zero-order chi connectivity index (χ0) is 6.69. The van der Waals surface area contributed by atoms with Gasteiger partial charge in [0, 0.05) is 6.42 Å². The summed E-state index contributed by atoms with van der Waals surface area (Å²) < 4.78 is 0. The maximum Gasteiger partial charge on any atom is 0.225 e. The van der Waals surface area contributed by atoms with E-state index in [4.69, 9.17) is 11.6 Å². The Balaban J connectivity index is 2.35. The number of hydrogen-bond donors (Lipinski definition) is 0. The zero-order valence-electron chi connectivity index (χ0n) is 5.19. The van der Waals surface area contributed by atoms with E-state index in [0.29, 0.717) is 6.42 Å². The summed E-state index contributed by atoms with van der Waals surface area (Å²) in [6.45, 7) is 0. The number of carbonyl (C=O) groups excluding carboxylic acids is 1. The Kier molecular flexibility index (Phi) is 2.29. The van der Waals surface area contributed by atoms with Crippen molar-refractivity contribution in [2.24, 2.45) is 0 Å². The Morgan fingerprint density at radius 3 is 3.00 bits per heavy atom. The van der Waals surface area contributed by atoms with Gasteiger partial charge in [0.15, 0.2) is 0 Å². The van der Waals surface area contributed by atoms with E-state index in [9.17, 15) is 4.79 Å². The highest BCUT2D eigenvalue weighted by molar-refractivity contribution is 6.63. The van der Waals surface area contributed by atoms with E-state index in [1.807, 2.05) is 0 Å². The van der Waals surface area contributed by atoms with Crippen LogP contribution in [0.15, 0.2) is 11.6 Å². The zero-order valence-corrected chi connectivity index (χ0v) is 5.95. The summed E-state index contributed by atoms with van der Waals surface area (Å²) in [5, 5.41) is -0.233. The number of hydrogen-bond acceptors (Lipinski definition) is 1. The molecule has 0 aromatic carbocycles. The molecule has 0 amide bonds. The Morgan fingerprint density at radius 2 is 2.56 bits per heavy atom. The maximum atomic E-state index is 10.3. The Bertz CT molecular complexity index is 149. The molecule has 1 aliphatic carbocycles. The SMILES string of the molecule is O=C(Cl)CC1=CCCC1. The predicted molar refractivity (Wildman–Crippen MR) is 37.4 cm³/mol. The third kappa shape index (κ3) is 2.19. The third-order valence-corrected chi connectivity index (χ3v) is 1.63. The molecule has 0 aromatic heterocycles. The average Bonchev–Trinajstić information content (AvgIpc) is 2.15. The first kappa shape index (κ1) is 6.81. The first-order chi connectivity index (χ1) is 4.29. The van der Waals surface area contributed by atoms with Crippen LogP contribution in [0.5, 0.6) is 0 Å². The van der Waals surface area contributed by atoms with Gasteiger partial charge in [-0.15, -0.1) is 0 Å². The second kappa shape index (κ2) is 3.02. The van der Waals surface area contributed by atoms with Gasteiger partial charge in [-0.05, 0) is 30.9 Å². The molecule has 0 aliphatic heterocycles. The van der Waals surface area contributed by atoms with Crippen LogP contribution < -0.4 is 0 Å². The van der Waals surface area contributed by atoms with Gasteiger partial charge in [-0.25, -0.2) is 0 Å². The molecular formula is C7H9ClO. The van der Waals surface area contributed by atoms with Crippen molar-refractivity contribution in [2.45, 2.75) is 25.7 Å². The van der Waals surface area contributed by atoms with Crippen LogP contribution in [0.3, 0.4) is 0 Å². The molecule has 9 heavy (non-hydrogen) atoms. The van der Waals surface area contributed by atoms with Crippen LogP contribution in [0, 0.1) is 0 Å². The molecule has 0 atom stereocenters. The summed E-state index contributed by atoms with van der Waals surface area (Å²) >= 11 is 5.18. The van der Waals surface area contributed by atoms with Crippen LogP contribution in [-0.4, -0.2) is 5.24 Å². The normalized spacial score (nSPS) is 17.7. The molecule has 1 nitrogen and oxygen atoms in total. The minimum atomic E-state index is -0.233. The minimum absolute atomic E-state index is 0.233. The fourth-order valence-corrected chi connectivity index (χ4v) is 1.25. The maximum absolute atomic E-state index is 10.3. The first-order valence-corrected chi connectivity index (χ1v) is 3.53. The van der Waals surface area contributed by atoms with Gasteiger partial charge >= 0.3 is 0 Å². The number of carbonyl (C=O) groups is 1. The van der Waals surface area contributed by atoms with E-state index in [-0.39, 0.29) is 5.24 Å². The van der Waals surface area contributed by atoms with Crippen LogP contribution in [0.4, 0.5) is 0 Å². The molecule has 0 N–H and O–H groups in total. The molecule has 0 saturated heterocycles. The van der Waals surface area contributed by atoms with E-state index < -0.39 is 0 Å². The highest BCUT2D eigenvalue weighted by Crippen LogP contribution is 2.20. The lowest BCUT2D eigenvalue weighted by atomic mass is 10.2. The Hall–Kier alpha value is -0.300. The van der Waals surface area contributed by atoms with Crippen molar-refractivity contribution in [3.05, 3.63) is 11.6 Å². The third-order valence-electron chi connectivity index (χ3n) is 1.50. The summed E-state index contributed by atoms with van der Waals surface area (Å²) in [5.74, 6) is 0. The fourth-order valence-electron chi connectivity index (χ4n) is 1.08. The van der Waals surface area contributed by atoms with Gasteiger partial charge in [-0.1, -0.05) is 11.6 Å². The van der Waals surface area contributed by atoms with Crippen LogP contribution in [-0.2, 0) is 4.79 Å². The molecule has 0 saturated carbocycles. The molecule has 0 radical (unpaired) electrons. The standard InChI is InChI=1S/C7H9ClO/c8-7(9)5-6-3-1-2-4-6/h3H,1-2,4-5H2. The van der Waals surface area contributed by atoms with Gasteiger partial charge in [-0.3, -0.25) is 4.79 Å². The number of halogens is 1. The largest absolute Gasteiger partial charge is 0.281 e. The summed E-state index contributed by atoms with van der Waals surface area (Å²) in [4.78, 5) is 10.3. The van der Waals surface area contributed by atoms with Gasteiger partial charge < -0.3 is 0 Å². The van der Waals surface area contributed by atoms with Crippen molar-refractivity contribution in [1.82, 2.24) is 0 Å². The summed E-state index contributed by atoms with van der Waals surface area (Å²) in [5.41, 5.74) is 1.22. The van der Waals surface area contributed by atoms with Crippen molar-refractivity contribution in [3.63, 3.8) is 0 Å². The van der Waals surface area contributed by atoms with Gasteiger partial charge in [0.1, 0.15) is 0 Å². The van der Waals surface area contributed by atoms with Crippen molar-refractivity contribution in [3.8, 4) is 0 Å². The monoisotopic (exact) mass is 144 g/mol. The average molecular weight is 145 g/mol. The molecule has 1 rings (SSSR count). The van der Waals surface area contributed by atoms with Crippen molar-refractivity contribution < 1.29 is 4.79 Å². The van der Waals surface area contributed by atoms with Crippen LogP contribution in [0.2, 0.25) is 0 Å². The van der Waals surface area contributed by atoms with Crippen molar-refractivity contribution in [1.29, 1.82) is 0 Å². The predicted octanol–water partition coefficient (Wildman–Crippen LogP) is 2.25. The van der Waals surface area contributed by atoms with Crippen LogP contribution in [0.25, 0.3) is 0 Å². The highest BCUT2D eigenvalue weighted by atomic mass is 35.5.